The zero-order valence-electron chi connectivity index (χ0n) is 10.7. The predicted octanol–water partition coefficient (Wildman–Crippen LogP) is 1.63. The number of amides is 1. The maximum absolute atomic E-state index is 12.0. The third kappa shape index (κ3) is 3.44. The summed E-state index contributed by atoms with van der Waals surface area (Å²) in [6.45, 7) is 4.39. The number of hydrogen-bond donors (Lipinski definition) is 1. The molecule has 3 aliphatic rings. The third-order valence-electron chi connectivity index (χ3n) is 4.35. The van der Waals surface area contributed by atoms with Crippen molar-refractivity contribution in [3.8, 4) is 0 Å². The van der Waals surface area contributed by atoms with Gasteiger partial charge in [-0.1, -0.05) is 0 Å². The summed E-state index contributed by atoms with van der Waals surface area (Å²) in [7, 11) is 0. The van der Waals surface area contributed by atoms with E-state index < -0.39 is 0 Å². The van der Waals surface area contributed by atoms with E-state index in [4.69, 9.17) is 0 Å². The molecule has 0 spiro atoms. The van der Waals surface area contributed by atoms with Gasteiger partial charge in [-0.2, -0.15) is 0 Å². The quantitative estimate of drug-likeness (QED) is 0.787. The summed E-state index contributed by atoms with van der Waals surface area (Å²) in [6.07, 6.45) is 7.76. The highest BCUT2D eigenvalue weighted by Crippen LogP contribution is 2.31. The SMILES string of the molecule is O=C(NCC1CC1)[C@H]1CCCN(CC2CC2)C1. The maximum atomic E-state index is 12.0. The highest BCUT2D eigenvalue weighted by Gasteiger charge is 2.31. The Labute approximate surface area is 104 Å². The Balaban J connectivity index is 1.42. The van der Waals surface area contributed by atoms with Crippen molar-refractivity contribution in [1.82, 2.24) is 10.2 Å². The molecule has 3 rings (SSSR count). The zero-order valence-corrected chi connectivity index (χ0v) is 10.7. The summed E-state index contributed by atoms with van der Waals surface area (Å²) in [5.41, 5.74) is 0. The highest BCUT2D eigenvalue weighted by molar-refractivity contribution is 5.79. The van der Waals surface area contributed by atoms with Crippen LogP contribution in [-0.2, 0) is 4.79 Å². The van der Waals surface area contributed by atoms with E-state index in [9.17, 15) is 4.79 Å². The van der Waals surface area contributed by atoms with Gasteiger partial charge in [-0.15, -0.1) is 0 Å². The summed E-state index contributed by atoms with van der Waals surface area (Å²) in [5, 5.41) is 3.14. The van der Waals surface area contributed by atoms with Gasteiger partial charge >= 0.3 is 0 Å². The van der Waals surface area contributed by atoms with Gasteiger partial charge in [0.2, 0.25) is 5.91 Å². The van der Waals surface area contributed by atoms with Crippen LogP contribution in [0.25, 0.3) is 0 Å². The van der Waals surface area contributed by atoms with Crippen LogP contribution in [0.4, 0.5) is 0 Å². The summed E-state index contributed by atoms with van der Waals surface area (Å²) in [5.74, 6) is 2.33. The number of carbonyl (C=O) groups excluding carboxylic acids is 1. The van der Waals surface area contributed by atoms with E-state index in [-0.39, 0.29) is 5.92 Å². The van der Waals surface area contributed by atoms with Crippen molar-refractivity contribution in [2.75, 3.05) is 26.2 Å². The number of carbonyl (C=O) groups is 1. The summed E-state index contributed by atoms with van der Waals surface area (Å²) in [4.78, 5) is 14.6. The lowest BCUT2D eigenvalue weighted by atomic mass is 9.97. The van der Waals surface area contributed by atoms with Crippen LogP contribution in [0, 0.1) is 17.8 Å². The van der Waals surface area contributed by atoms with E-state index in [1.54, 1.807) is 0 Å². The second-order valence-corrected chi connectivity index (χ2v) is 6.23. The Morgan fingerprint density at radius 1 is 1.12 bits per heavy atom. The maximum Gasteiger partial charge on any atom is 0.224 e. The summed E-state index contributed by atoms with van der Waals surface area (Å²) < 4.78 is 0. The predicted molar refractivity (Wildman–Crippen MR) is 67.6 cm³/mol. The smallest absolute Gasteiger partial charge is 0.224 e. The number of nitrogens with one attached hydrogen (secondary N) is 1. The summed E-state index contributed by atoms with van der Waals surface area (Å²) in [6, 6.07) is 0. The van der Waals surface area contributed by atoms with Crippen LogP contribution in [0.5, 0.6) is 0 Å². The van der Waals surface area contributed by atoms with Crippen molar-refractivity contribution in [2.45, 2.75) is 38.5 Å². The van der Waals surface area contributed by atoms with Gasteiger partial charge in [0.25, 0.3) is 0 Å². The Kier molecular flexibility index (Phi) is 3.37. The first-order valence-corrected chi connectivity index (χ1v) is 7.31. The molecule has 1 amide bonds. The van der Waals surface area contributed by atoms with Gasteiger partial charge in [-0.25, -0.2) is 0 Å². The molecule has 0 aromatic heterocycles. The molecule has 1 atom stereocenters. The van der Waals surface area contributed by atoms with Gasteiger partial charge < -0.3 is 10.2 Å². The first kappa shape index (κ1) is 11.5. The molecule has 2 aliphatic carbocycles. The van der Waals surface area contributed by atoms with Crippen LogP contribution in [0.3, 0.4) is 0 Å². The van der Waals surface area contributed by atoms with Crippen LogP contribution in [0.1, 0.15) is 38.5 Å². The first-order chi connectivity index (χ1) is 8.31. The van der Waals surface area contributed by atoms with E-state index in [0.29, 0.717) is 5.91 Å². The number of nitrogens with zero attached hydrogens (tertiary/aromatic N) is 1. The van der Waals surface area contributed by atoms with Gasteiger partial charge in [0.1, 0.15) is 0 Å². The van der Waals surface area contributed by atoms with Gasteiger partial charge in [-0.05, 0) is 56.9 Å². The molecular weight excluding hydrogens is 212 g/mol. The van der Waals surface area contributed by atoms with Gasteiger partial charge in [0, 0.05) is 19.6 Å². The topological polar surface area (TPSA) is 32.3 Å². The van der Waals surface area contributed by atoms with E-state index >= 15 is 0 Å². The largest absolute Gasteiger partial charge is 0.356 e. The van der Waals surface area contributed by atoms with Gasteiger partial charge in [0.15, 0.2) is 0 Å². The molecule has 3 fully saturated rings. The second kappa shape index (κ2) is 4.97. The van der Waals surface area contributed by atoms with E-state index in [1.807, 2.05) is 0 Å². The molecule has 0 bridgehead atoms. The number of rotatable bonds is 5. The molecule has 1 N–H and O–H groups in total. The molecule has 1 heterocycles. The first-order valence-electron chi connectivity index (χ1n) is 7.31. The molecule has 2 saturated carbocycles. The normalized spacial score (nSPS) is 30.2. The number of likely N-dealkylation sites (tertiary alicyclic amines) is 1. The molecule has 0 unspecified atom stereocenters. The van der Waals surface area contributed by atoms with Crippen molar-refractivity contribution in [3.05, 3.63) is 0 Å². The third-order valence-corrected chi connectivity index (χ3v) is 4.35. The van der Waals surface area contributed by atoms with Gasteiger partial charge in [-0.3, -0.25) is 4.79 Å². The Morgan fingerprint density at radius 3 is 2.59 bits per heavy atom. The summed E-state index contributed by atoms with van der Waals surface area (Å²) >= 11 is 0. The highest BCUT2D eigenvalue weighted by atomic mass is 16.1. The molecule has 1 aliphatic heterocycles. The van der Waals surface area contributed by atoms with E-state index in [1.165, 1.54) is 45.2 Å². The molecule has 0 aromatic rings. The molecule has 0 aromatic carbocycles. The molecular formula is C14H24N2O. The fraction of sp³-hybridized carbons (Fsp3) is 0.929. The fourth-order valence-corrected chi connectivity index (χ4v) is 2.81. The lowest BCUT2D eigenvalue weighted by Crippen LogP contribution is -2.44. The minimum absolute atomic E-state index is 0.265. The Hall–Kier alpha value is -0.570. The van der Waals surface area contributed by atoms with Crippen molar-refractivity contribution in [3.63, 3.8) is 0 Å². The van der Waals surface area contributed by atoms with Crippen LogP contribution < -0.4 is 5.32 Å². The van der Waals surface area contributed by atoms with E-state index in [2.05, 4.69) is 10.2 Å². The van der Waals surface area contributed by atoms with Crippen molar-refractivity contribution < 1.29 is 4.79 Å². The average molecular weight is 236 g/mol. The minimum atomic E-state index is 0.265. The monoisotopic (exact) mass is 236 g/mol. The fourth-order valence-electron chi connectivity index (χ4n) is 2.81. The lowest BCUT2D eigenvalue weighted by Gasteiger charge is -2.32. The standard InChI is InChI=1S/C14H24N2O/c17-14(15-8-11-3-4-11)13-2-1-7-16(10-13)9-12-5-6-12/h11-13H,1-10H2,(H,15,17)/t13-/m0/s1. The van der Waals surface area contributed by atoms with Crippen LogP contribution in [0.15, 0.2) is 0 Å². The van der Waals surface area contributed by atoms with Gasteiger partial charge in [0.05, 0.1) is 5.92 Å². The Bertz CT molecular complexity index is 284. The zero-order chi connectivity index (χ0) is 11.7. The lowest BCUT2D eigenvalue weighted by molar-refractivity contribution is -0.126. The Morgan fingerprint density at radius 2 is 1.88 bits per heavy atom. The van der Waals surface area contributed by atoms with Crippen LogP contribution in [-0.4, -0.2) is 37.0 Å². The van der Waals surface area contributed by atoms with Crippen molar-refractivity contribution in [1.29, 1.82) is 0 Å². The van der Waals surface area contributed by atoms with Crippen LogP contribution >= 0.6 is 0 Å². The average Bonchev–Trinajstić information content (AvgIpc) is 3.20. The molecule has 1 saturated heterocycles. The number of piperidine rings is 1. The van der Waals surface area contributed by atoms with E-state index in [0.717, 1.165) is 31.3 Å². The molecule has 17 heavy (non-hydrogen) atoms. The molecule has 96 valence electrons. The number of hydrogen-bond acceptors (Lipinski definition) is 2. The van der Waals surface area contributed by atoms with Crippen LogP contribution in [0.2, 0.25) is 0 Å². The second-order valence-electron chi connectivity index (χ2n) is 6.23. The molecule has 0 radical (unpaired) electrons. The minimum Gasteiger partial charge on any atom is -0.356 e. The molecule has 3 nitrogen and oxygen atoms in total. The van der Waals surface area contributed by atoms with Crippen molar-refractivity contribution >= 4 is 5.91 Å². The van der Waals surface area contributed by atoms with Crippen molar-refractivity contribution in [2.24, 2.45) is 17.8 Å². The molecule has 3 heteroatoms.